The molecule has 0 saturated heterocycles. The van der Waals surface area contributed by atoms with Crippen LogP contribution >= 0.6 is 12.2 Å². The van der Waals surface area contributed by atoms with Gasteiger partial charge in [0.25, 0.3) is 0 Å². The average molecular weight is 254 g/mol. The number of hydrogen-bond acceptors (Lipinski definition) is 4. The van der Waals surface area contributed by atoms with Gasteiger partial charge in [-0.25, -0.2) is 12.7 Å². The van der Waals surface area contributed by atoms with Gasteiger partial charge in [-0.2, -0.15) is 0 Å². The standard InChI is InChI=1S/C8H18N2O3S2/c1-3-13-6-7-15(11,12)10(2)5-4-8(9)14/h3-7H2,1-2H3,(H2,9,14). The number of nitrogens with two attached hydrogens (primary N) is 1. The third kappa shape index (κ3) is 6.77. The van der Waals surface area contributed by atoms with Crippen LogP contribution in [0.1, 0.15) is 13.3 Å². The third-order valence-electron chi connectivity index (χ3n) is 1.84. The summed E-state index contributed by atoms with van der Waals surface area (Å²) in [5, 5.41) is 0. The quantitative estimate of drug-likeness (QED) is 0.486. The maximum atomic E-state index is 11.6. The summed E-state index contributed by atoms with van der Waals surface area (Å²) in [6.07, 6.45) is 0.402. The van der Waals surface area contributed by atoms with E-state index in [9.17, 15) is 8.42 Å². The summed E-state index contributed by atoms with van der Waals surface area (Å²) in [5.41, 5.74) is 5.29. The summed E-state index contributed by atoms with van der Waals surface area (Å²) < 4.78 is 29.4. The lowest BCUT2D eigenvalue weighted by Crippen LogP contribution is -2.33. The lowest BCUT2D eigenvalue weighted by molar-refractivity contribution is 0.162. The molecule has 0 aliphatic heterocycles. The Morgan fingerprint density at radius 3 is 2.60 bits per heavy atom. The predicted octanol–water partition coefficient (Wildman–Crippen LogP) is -0.0393. The Kier molecular flexibility index (Phi) is 6.99. The number of thiocarbonyl (C=S) groups is 1. The van der Waals surface area contributed by atoms with Gasteiger partial charge in [-0.15, -0.1) is 0 Å². The lowest BCUT2D eigenvalue weighted by atomic mass is 10.4. The zero-order chi connectivity index (χ0) is 11.9. The largest absolute Gasteiger partial charge is 0.393 e. The molecule has 5 nitrogen and oxygen atoms in total. The second kappa shape index (κ2) is 7.10. The highest BCUT2D eigenvalue weighted by molar-refractivity contribution is 7.89. The molecule has 0 aromatic heterocycles. The smallest absolute Gasteiger partial charge is 0.216 e. The summed E-state index contributed by atoms with van der Waals surface area (Å²) >= 11 is 4.67. The van der Waals surface area contributed by atoms with Gasteiger partial charge in [0.2, 0.25) is 10.0 Å². The summed E-state index contributed by atoms with van der Waals surface area (Å²) in [7, 11) is -1.72. The van der Waals surface area contributed by atoms with E-state index in [1.165, 1.54) is 11.4 Å². The molecule has 0 spiro atoms. The lowest BCUT2D eigenvalue weighted by Gasteiger charge is -2.16. The van der Waals surface area contributed by atoms with Gasteiger partial charge in [0, 0.05) is 26.6 Å². The zero-order valence-corrected chi connectivity index (χ0v) is 10.7. The van der Waals surface area contributed by atoms with Crippen molar-refractivity contribution in [3.05, 3.63) is 0 Å². The highest BCUT2D eigenvalue weighted by Gasteiger charge is 2.17. The molecular formula is C8H18N2O3S2. The molecular weight excluding hydrogens is 236 g/mol. The average Bonchev–Trinajstić information content (AvgIpc) is 2.14. The van der Waals surface area contributed by atoms with Crippen LogP contribution in [0.15, 0.2) is 0 Å². The Labute approximate surface area is 96.6 Å². The molecule has 0 fully saturated rings. The van der Waals surface area contributed by atoms with Crippen molar-refractivity contribution < 1.29 is 13.2 Å². The van der Waals surface area contributed by atoms with E-state index in [-0.39, 0.29) is 12.4 Å². The molecule has 0 unspecified atom stereocenters. The molecule has 0 atom stereocenters. The van der Waals surface area contributed by atoms with Crippen LogP contribution in [0.5, 0.6) is 0 Å². The molecule has 0 aliphatic carbocycles. The Balaban J connectivity index is 4.03. The number of rotatable bonds is 8. The molecule has 0 heterocycles. The zero-order valence-electron chi connectivity index (χ0n) is 9.10. The van der Waals surface area contributed by atoms with Crippen LogP contribution in [0, 0.1) is 0 Å². The maximum Gasteiger partial charge on any atom is 0.216 e. The summed E-state index contributed by atoms with van der Waals surface area (Å²) in [6, 6.07) is 0. The molecule has 15 heavy (non-hydrogen) atoms. The van der Waals surface area contributed by atoms with Gasteiger partial charge in [-0.1, -0.05) is 12.2 Å². The molecule has 7 heteroatoms. The maximum absolute atomic E-state index is 11.6. The molecule has 0 bridgehead atoms. The van der Waals surface area contributed by atoms with Gasteiger partial charge < -0.3 is 10.5 Å². The van der Waals surface area contributed by atoms with Crippen LogP contribution < -0.4 is 5.73 Å². The fraction of sp³-hybridized carbons (Fsp3) is 0.875. The molecule has 0 aromatic rings. The Bertz CT molecular complexity index is 290. The van der Waals surface area contributed by atoms with Crippen molar-refractivity contribution >= 4 is 27.2 Å². The first-order chi connectivity index (χ1) is 6.90. The Morgan fingerprint density at radius 1 is 1.53 bits per heavy atom. The van der Waals surface area contributed by atoms with Gasteiger partial charge in [0.15, 0.2) is 0 Å². The van der Waals surface area contributed by atoms with Gasteiger partial charge in [0.05, 0.1) is 17.3 Å². The van der Waals surface area contributed by atoms with E-state index >= 15 is 0 Å². The minimum atomic E-state index is -3.24. The molecule has 0 rings (SSSR count). The topological polar surface area (TPSA) is 72.6 Å². The minimum absolute atomic E-state index is 0.00528. The third-order valence-corrected chi connectivity index (χ3v) is 3.86. The van der Waals surface area contributed by atoms with E-state index < -0.39 is 10.0 Å². The van der Waals surface area contributed by atoms with Crippen molar-refractivity contribution in [1.82, 2.24) is 4.31 Å². The van der Waals surface area contributed by atoms with Crippen LogP contribution in [-0.2, 0) is 14.8 Å². The van der Waals surface area contributed by atoms with Crippen LogP contribution in [0.25, 0.3) is 0 Å². The van der Waals surface area contributed by atoms with E-state index in [1.807, 2.05) is 6.92 Å². The highest BCUT2D eigenvalue weighted by atomic mass is 32.2. The van der Waals surface area contributed by atoms with Gasteiger partial charge in [-0.3, -0.25) is 0 Å². The van der Waals surface area contributed by atoms with Crippen molar-refractivity contribution in [3.63, 3.8) is 0 Å². The first-order valence-electron chi connectivity index (χ1n) is 4.70. The normalized spacial score (nSPS) is 11.9. The van der Waals surface area contributed by atoms with E-state index in [1.54, 1.807) is 0 Å². The summed E-state index contributed by atoms with van der Waals surface area (Å²) in [6.45, 7) is 2.88. The fourth-order valence-electron chi connectivity index (χ4n) is 0.871. The van der Waals surface area contributed by atoms with Crippen molar-refractivity contribution in [3.8, 4) is 0 Å². The Morgan fingerprint density at radius 2 is 2.13 bits per heavy atom. The molecule has 0 radical (unpaired) electrons. The highest BCUT2D eigenvalue weighted by Crippen LogP contribution is 1.99. The SMILES string of the molecule is CCOCCS(=O)(=O)N(C)CCC(N)=S. The molecule has 0 amide bonds. The first kappa shape index (κ1) is 14.8. The van der Waals surface area contributed by atoms with Gasteiger partial charge in [0.1, 0.15) is 0 Å². The Hall–Kier alpha value is -0.240. The first-order valence-corrected chi connectivity index (χ1v) is 6.72. The van der Waals surface area contributed by atoms with Crippen LogP contribution in [0.4, 0.5) is 0 Å². The van der Waals surface area contributed by atoms with Crippen LogP contribution in [-0.4, -0.2) is 50.3 Å². The summed E-state index contributed by atoms with van der Waals surface area (Å²) in [5.74, 6) is -0.00528. The van der Waals surface area contributed by atoms with Gasteiger partial charge >= 0.3 is 0 Å². The van der Waals surface area contributed by atoms with Crippen molar-refractivity contribution in [2.24, 2.45) is 5.73 Å². The second-order valence-corrected chi connectivity index (χ2v) is 5.77. The van der Waals surface area contributed by atoms with Gasteiger partial charge in [-0.05, 0) is 6.92 Å². The number of sulfonamides is 1. The molecule has 2 N–H and O–H groups in total. The molecule has 0 aliphatic rings. The van der Waals surface area contributed by atoms with E-state index in [2.05, 4.69) is 12.2 Å². The number of ether oxygens (including phenoxy) is 1. The van der Waals surface area contributed by atoms with E-state index in [0.29, 0.717) is 24.6 Å². The van der Waals surface area contributed by atoms with E-state index in [0.717, 1.165) is 0 Å². The number of nitrogens with zero attached hydrogens (tertiary/aromatic N) is 1. The minimum Gasteiger partial charge on any atom is -0.393 e. The number of hydrogen-bond donors (Lipinski definition) is 1. The molecule has 90 valence electrons. The molecule has 0 aromatic carbocycles. The van der Waals surface area contributed by atoms with Crippen molar-refractivity contribution in [2.75, 3.05) is 32.6 Å². The fourth-order valence-corrected chi connectivity index (χ4v) is 1.97. The predicted molar refractivity (Wildman–Crippen MR) is 64.3 cm³/mol. The van der Waals surface area contributed by atoms with Crippen LogP contribution in [0.2, 0.25) is 0 Å². The van der Waals surface area contributed by atoms with Crippen LogP contribution in [0.3, 0.4) is 0 Å². The second-order valence-electron chi connectivity index (χ2n) is 3.05. The summed E-state index contributed by atoms with van der Waals surface area (Å²) in [4.78, 5) is 0.321. The monoisotopic (exact) mass is 254 g/mol. The molecule has 0 saturated carbocycles. The van der Waals surface area contributed by atoms with Crippen molar-refractivity contribution in [1.29, 1.82) is 0 Å². The van der Waals surface area contributed by atoms with E-state index in [4.69, 9.17) is 10.5 Å². The van der Waals surface area contributed by atoms with Crippen molar-refractivity contribution in [2.45, 2.75) is 13.3 Å².